The second-order valence-corrected chi connectivity index (χ2v) is 7.27. The zero-order chi connectivity index (χ0) is 18.7. The number of rotatable bonds is 1. The maximum atomic E-state index is 12.7. The predicted molar refractivity (Wildman–Crippen MR) is 97.7 cm³/mol. The largest absolute Gasteiger partial charge is 0.355 e. The van der Waals surface area contributed by atoms with Crippen molar-refractivity contribution in [3.8, 4) is 0 Å². The Morgan fingerprint density at radius 2 is 1.77 bits per heavy atom. The van der Waals surface area contributed by atoms with Crippen LogP contribution in [-0.4, -0.2) is 79.5 Å². The van der Waals surface area contributed by atoms with Crippen LogP contribution in [0.15, 0.2) is 30.3 Å². The molecule has 1 atom stereocenters. The van der Waals surface area contributed by atoms with Crippen molar-refractivity contribution >= 4 is 23.7 Å². The van der Waals surface area contributed by atoms with Gasteiger partial charge in [-0.25, -0.2) is 9.59 Å². The summed E-state index contributed by atoms with van der Waals surface area (Å²) in [6.07, 6.45) is 0.319. The zero-order valence-electron chi connectivity index (χ0n) is 15.2. The number of benzene rings is 1. The molecule has 1 aromatic rings. The van der Waals surface area contributed by atoms with Crippen molar-refractivity contribution in [3.05, 3.63) is 30.3 Å². The fourth-order valence-corrected chi connectivity index (χ4v) is 3.58. The van der Waals surface area contributed by atoms with Gasteiger partial charge in [-0.15, -0.1) is 0 Å². The fourth-order valence-electron chi connectivity index (χ4n) is 3.58. The molecule has 8 nitrogen and oxygen atoms in total. The van der Waals surface area contributed by atoms with Crippen LogP contribution < -0.4 is 10.6 Å². The first-order valence-electron chi connectivity index (χ1n) is 8.72. The number of amides is 5. The van der Waals surface area contributed by atoms with Gasteiger partial charge < -0.3 is 25.3 Å². The van der Waals surface area contributed by atoms with Crippen LogP contribution in [-0.2, 0) is 4.79 Å². The first-order valence-corrected chi connectivity index (χ1v) is 8.72. The molecule has 0 unspecified atom stereocenters. The molecule has 2 aliphatic heterocycles. The number of nitrogens with zero attached hydrogens (tertiary/aromatic N) is 3. The molecule has 8 heteroatoms. The summed E-state index contributed by atoms with van der Waals surface area (Å²) in [5, 5.41) is 5.75. The van der Waals surface area contributed by atoms with Crippen molar-refractivity contribution in [3.63, 3.8) is 0 Å². The number of nitrogens with one attached hydrogen (secondary N) is 2. The number of urea groups is 2. The van der Waals surface area contributed by atoms with Crippen LogP contribution in [0, 0.1) is 5.41 Å². The highest BCUT2D eigenvalue weighted by atomic mass is 16.2. The van der Waals surface area contributed by atoms with Gasteiger partial charge in [-0.2, -0.15) is 0 Å². The molecule has 0 aliphatic carbocycles. The lowest BCUT2D eigenvalue weighted by Crippen LogP contribution is -2.47. The van der Waals surface area contributed by atoms with E-state index >= 15 is 0 Å². The van der Waals surface area contributed by atoms with Crippen LogP contribution in [0.4, 0.5) is 15.3 Å². The van der Waals surface area contributed by atoms with Crippen molar-refractivity contribution in [1.82, 2.24) is 20.0 Å². The summed E-state index contributed by atoms with van der Waals surface area (Å²) in [7, 11) is 3.41. The molecule has 0 aromatic heterocycles. The molecule has 2 saturated heterocycles. The van der Waals surface area contributed by atoms with Gasteiger partial charge in [0.05, 0.1) is 0 Å². The summed E-state index contributed by atoms with van der Waals surface area (Å²) in [4.78, 5) is 42.0. The lowest BCUT2D eigenvalue weighted by atomic mass is 9.86. The third-order valence-electron chi connectivity index (χ3n) is 4.85. The van der Waals surface area contributed by atoms with Gasteiger partial charge in [-0.3, -0.25) is 4.79 Å². The SMILES string of the molecule is CN(C)C(=O)N1CCN(C(=O)Nc2ccccc2)C[C@@]2(CNC(=O)C2)C1. The smallest absolute Gasteiger partial charge is 0.321 e. The lowest BCUT2D eigenvalue weighted by molar-refractivity contribution is -0.119. The van der Waals surface area contributed by atoms with Gasteiger partial charge in [0.1, 0.15) is 0 Å². The van der Waals surface area contributed by atoms with E-state index in [9.17, 15) is 14.4 Å². The molecule has 1 aromatic carbocycles. The molecular weight excluding hydrogens is 334 g/mol. The Bertz CT molecular complexity index is 693. The molecule has 1 spiro atoms. The van der Waals surface area contributed by atoms with Crippen molar-refractivity contribution in [2.24, 2.45) is 5.41 Å². The van der Waals surface area contributed by atoms with E-state index in [1.807, 2.05) is 30.3 Å². The third-order valence-corrected chi connectivity index (χ3v) is 4.85. The van der Waals surface area contributed by atoms with Gasteiger partial charge in [-0.05, 0) is 12.1 Å². The second kappa shape index (κ2) is 7.23. The number of hydrogen-bond donors (Lipinski definition) is 2. The van der Waals surface area contributed by atoms with Gasteiger partial charge in [0.25, 0.3) is 0 Å². The fraction of sp³-hybridized carbons (Fsp3) is 0.500. The van der Waals surface area contributed by atoms with Crippen LogP contribution in [0.2, 0.25) is 0 Å². The number of hydrogen-bond acceptors (Lipinski definition) is 3. The highest BCUT2D eigenvalue weighted by molar-refractivity contribution is 5.89. The summed E-state index contributed by atoms with van der Waals surface area (Å²) in [6, 6.07) is 8.94. The molecule has 5 amide bonds. The van der Waals surface area contributed by atoms with Gasteiger partial charge in [0, 0.05) is 64.3 Å². The Morgan fingerprint density at radius 3 is 2.38 bits per heavy atom. The Morgan fingerprint density at radius 1 is 1.12 bits per heavy atom. The predicted octanol–water partition coefficient (Wildman–Crippen LogP) is 1.02. The van der Waals surface area contributed by atoms with Crippen LogP contribution in [0.5, 0.6) is 0 Å². The molecule has 2 heterocycles. The third kappa shape index (κ3) is 3.89. The molecule has 0 bridgehead atoms. The maximum Gasteiger partial charge on any atom is 0.321 e. The molecule has 0 radical (unpaired) electrons. The summed E-state index contributed by atoms with van der Waals surface area (Å²) < 4.78 is 0. The van der Waals surface area contributed by atoms with Crippen molar-refractivity contribution < 1.29 is 14.4 Å². The van der Waals surface area contributed by atoms with E-state index in [2.05, 4.69) is 10.6 Å². The Balaban J connectivity index is 1.78. The zero-order valence-corrected chi connectivity index (χ0v) is 15.2. The van der Waals surface area contributed by atoms with E-state index in [1.165, 1.54) is 4.90 Å². The monoisotopic (exact) mass is 359 g/mol. The number of carbonyl (C=O) groups excluding carboxylic acids is 3. The summed E-state index contributed by atoms with van der Waals surface area (Å²) in [6.45, 7) is 2.22. The molecule has 140 valence electrons. The summed E-state index contributed by atoms with van der Waals surface area (Å²) >= 11 is 0. The van der Waals surface area contributed by atoms with Crippen LogP contribution >= 0.6 is 0 Å². The molecule has 2 fully saturated rings. The Kier molecular flexibility index (Phi) is 5.01. The van der Waals surface area contributed by atoms with Crippen LogP contribution in [0.1, 0.15) is 6.42 Å². The molecule has 26 heavy (non-hydrogen) atoms. The van der Waals surface area contributed by atoms with Crippen molar-refractivity contribution in [2.45, 2.75) is 6.42 Å². The number of anilines is 1. The van der Waals surface area contributed by atoms with Gasteiger partial charge in [0.2, 0.25) is 5.91 Å². The molecule has 2 N–H and O–H groups in total. The van der Waals surface area contributed by atoms with E-state index in [0.29, 0.717) is 39.1 Å². The van der Waals surface area contributed by atoms with Crippen molar-refractivity contribution in [1.29, 1.82) is 0 Å². The summed E-state index contributed by atoms with van der Waals surface area (Å²) in [5.74, 6) is -0.0347. The summed E-state index contributed by atoms with van der Waals surface area (Å²) in [5.41, 5.74) is 0.269. The topological polar surface area (TPSA) is 85.0 Å². The Labute approximate surface area is 153 Å². The first kappa shape index (κ1) is 18.0. The van der Waals surface area contributed by atoms with Crippen molar-refractivity contribution in [2.75, 3.05) is 52.1 Å². The normalized spacial score (nSPS) is 22.8. The first-order chi connectivity index (χ1) is 12.4. The standard InChI is InChI=1S/C18H25N5O3/c1-21(2)17(26)23-9-8-22(12-18(13-23)10-15(24)19-11-18)16(25)20-14-6-4-3-5-7-14/h3-7H,8-13H2,1-2H3,(H,19,24)(H,20,25)/t18-/m1/s1. The highest BCUT2D eigenvalue weighted by Crippen LogP contribution is 2.31. The second-order valence-electron chi connectivity index (χ2n) is 7.27. The number of carbonyl (C=O) groups is 3. The Hall–Kier alpha value is -2.77. The van der Waals surface area contributed by atoms with E-state index < -0.39 is 5.41 Å². The van der Waals surface area contributed by atoms with Crippen LogP contribution in [0.3, 0.4) is 0 Å². The van der Waals surface area contributed by atoms with Gasteiger partial charge in [0.15, 0.2) is 0 Å². The highest BCUT2D eigenvalue weighted by Gasteiger charge is 2.45. The maximum absolute atomic E-state index is 12.7. The van der Waals surface area contributed by atoms with E-state index in [0.717, 1.165) is 5.69 Å². The van der Waals surface area contributed by atoms with E-state index in [-0.39, 0.29) is 18.0 Å². The number of para-hydroxylation sites is 1. The molecule has 0 saturated carbocycles. The van der Waals surface area contributed by atoms with Gasteiger partial charge in [-0.1, -0.05) is 18.2 Å². The molecular formula is C18H25N5O3. The molecule has 2 aliphatic rings. The lowest BCUT2D eigenvalue weighted by Gasteiger charge is -2.33. The minimum absolute atomic E-state index is 0.0347. The minimum Gasteiger partial charge on any atom is -0.355 e. The minimum atomic E-state index is -0.451. The average Bonchev–Trinajstić information content (AvgIpc) is 2.86. The van der Waals surface area contributed by atoms with Gasteiger partial charge >= 0.3 is 12.1 Å². The van der Waals surface area contributed by atoms with E-state index in [1.54, 1.807) is 23.9 Å². The van der Waals surface area contributed by atoms with E-state index in [4.69, 9.17) is 0 Å². The van der Waals surface area contributed by atoms with Crippen LogP contribution in [0.25, 0.3) is 0 Å². The average molecular weight is 359 g/mol. The quantitative estimate of drug-likeness (QED) is 0.785. The molecule has 3 rings (SSSR count).